The molecule has 90 valence electrons. The maximum atomic E-state index is 12.7. The van der Waals surface area contributed by atoms with E-state index in [1.54, 1.807) is 0 Å². The number of alkyl halides is 5. The molecule has 0 unspecified atom stereocenters. The smallest absolute Gasteiger partial charge is 0.402 e. The van der Waals surface area contributed by atoms with E-state index in [0.717, 1.165) is 0 Å². The van der Waals surface area contributed by atoms with E-state index in [4.69, 9.17) is 11.6 Å². The zero-order valence-corrected chi connectivity index (χ0v) is 7.91. The summed E-state index contributed by atoms with van der Waals surface area (Å²) in [5.74, 6) is -2.91. The van der Waals surface area contributed by atoms with Crippen molar-refractivity contribution in [3.63, 3.8) is 0 Å². The van der Waals surface area contributed by atoms with Crippen LogP contribution >= 0.6 is 11.6 Å². The third kappa shape index (κ3) is 2.91. The zero-order chi connectivity index (χ0) is 12.5. The summed E-state index contributed by atoms with van der Waals surface area (Å²) in [7, 11) is 0. The molecule has 0 atom stereocenters. The highest BCUT2D eigenvalue weighted by Crippen LogP contribution is 2.38. The minimum Gasteiger partial charge on any atom is -0.402 e. The molecular formula is C7H2ClF6NO. The van der Waals surface area contributed by atoms with Crippen LogP contribution in [0, 0.1) is 5.82 Å². The molecule has 0 saturated carbocycles. The summed E-state index contributed by atoms with van der Waals surface area (Å²) in [6, 6.07) is 0. The number of aromatic nitrogens is 1. The van der Waals surface area contributed by atoms with Gasteiger partial charge in [0.15, 0.2) is 17.3 Å². The molecule has 0 aliphatic carbocycles. The van der Waals surface area contributed by atoms with Gasteiger partial charge in [0.25, 0.3) is 6.43 Å². The van der Waals surface area contributed by atoms with Gasteiger partial charge in [-0.1, -0.05) is 11.6 Å². The highest BCUT2D eigenvalue weighted by atomic mass is 35.5. The first-order valence-corrected chi connectivity index (χ1v) is 3.98. The van der Waals surface area contributed by atoms with Crippen LogP contribution in [-0.2, 0) is 0 Å². The van der Waals surface area contributed by atoms with Crippen molar-refractivity contribution in [2.75, 3.05) is 0 Å². The first kappa shape index (κ1) is 12.9. The van der Waals surface area contributed by atoms with Crippen LogP contribution in [0.5, 0.6) is 5.75 Å². The van der Waals surface area contributed by atoms with E-state index in [1.165, 1.54) is 0 Å². The van der Waals surface area contributed by atoms with Gasteiger partial charge >= 0.3 is 6.36 Å². The molecule has 0 amide bonds. The van der Waals surface area contributed by atoms with Gasteiger partial charge in [-0.2, -0.15) is 0 Å². The molecule has 0 fully saturated rings. The molecule has 2 nitrogen and oxygen atoms in total. The van der Waals surface area contributed by atoms with E-state index >= 15 is 0 Å². The number of hydrogen-bond donors (Lipinski definition) is 0. The van der Waals surface area contributed by atoms with Crippen LogP contribution in [0.1, 0.15) is 12.1 Å². The molecule has 0 aliphatic rings. The van der Waals surface area contributed by atoms with E-state index < -0.39 is 35.1 Å². The van der Waals surface area contributed by atoms with Crippen molar-refractivity contribution in [3.8, 4) is 5.75 Å². The summed E-state index contributed by atoms with van der Waals surface area (Å²) in [5.41, 5.74) is -1.37. The quantitative estimate of drug-likeness (QED) is 0.761. The number of pyridine rings is 1. The summed E-state index contributed by atoms with van der Waals surface area (Å²) >= 11 is 5.08. The SMILES string of the molecule is Fc1cnc(C(F)F)c(OC(F)(F)F)c1Cl. The molecule has 0 N–H and O–H groups in total. The lowest BCUT2D eigenvalue weighted by atomic mass is 10.3. The standard InChI is InChI=1S/C7H2ClF6NO/c8-3-2(9)1-15-4(6(10)11)5(3)16-7(12,13)14/h1,6H. The Balaban J connectivity index is 3.26. The van der Waals surface area contributed by atoms with Gasteiger partial charge in [0.05, 0.1) is 6.20 Å². The van der Waals surface area contributed by atoms with Gasteiger partial charge in [0.2, 0.25) is 0 Å². The Hall–Kier alpha value is -1.18. The Kier molecular flexibility index (Phi) is 3.51. The lowest BCUT2D eigenvalue weighted by Crippen LogP contribution is -2.19. The first-order chi connectivity index (χ1) is 7.22. The van der Waals surface area contributed by atoms with Gasteiger partial charge in [-0.05, 0) is 0 Å². The maximum Gasteiger partial charge on any atom is 0.573 e. The molecule has 1 aromatic rings. The molecule has 0 saturated heterocycles. The third-order valence-electron chi connectivity index (χ3n) is 1.38. The van der Waals surface area contributed by atoms with Crippen molar-refractivity contribution in [2.24, 2.45) is 0 Å². The van der Waals surface area contributed by atoms with Gasteiger partial charge in [-0.3, -0.25) is 0 Å². The number of ether oxygens (including phenoxy) is 1. The average molecular weight is 266 g/mol. The fraction of sp³-hybridized carbons (Fsp3) is 0.286. The van der Waals surface area contributed by atoms with Gasteiger partial charge < -0.3 is 4.74 Å². The predicted molar refractivity (Wildman–Crippen MR) is 40.8 cm³/mol. The highest BCUT2D eigenvalue weighted by molar-refractivity contribution is 6.32. The number of rotatable bonds is 2. The second-order valence-corrected chi connectivity index (χ2v) is 2.86. The molecule has 9 heteroatoms. The Labute approximate surface area is 89.8 Å². The van der Waals surface area contributed by atoms with Gasteiger partial charge in [-0.25, -0.2) is 18.2 Å². The molecule has 1 heterocycles. The van der Waals surface area contributed by atoms with Crippen LogP contribution in [0.25, 0.3) is 0 Å². The molecule has 1 rings (SSSR count). The molecule has 1 aromatic heterocycles. The van der Waals surface area contributed by atoms with E-state index in [2.05, 4.69) is 9.72 Å². The van der Waals surface area contributed by atoms with E-state index in [-0.39, 0.29) is 6.20 Å². The monoisotopic (exact) mass is 265 g/mol. The fourth-order valence-electron chi connectivity index (χ4n) is 0.831. The zero-order valence-electron chi connectivity index (χ0n) is 7.16. The highest BCUT2D eigenvalue weighted by Gasteiger charge is 2.35. The Morgan fingerprint density at radius 3 is 2.31 bits per heavy atom. The van der Waals surface area contributed by atoms with E-state index in [0.29, 0.717) is 0 Å². The number of hydrogen-bond acceptors (Lipinski definition) is 2. The van der Waals surface area contributed by atoms with Crippen LogP contribution < -0.4 is 4.74 Å². The second kappa shape index (κ2) is 4.36. The topological polar surface area (TPSA) is 22.1 Å². The summed E-state index contributed by atoms with van der Waals surface area (Å²) in [5, 5.41) is -1.19. The van der Waals surface area contributed by atoms with Gasteiger partial charge in [0.1, 0.15) is 5.02 Å². The maximum absolute atomic E-state index is 12.7. The lowest BCUT2D eigenvalue weighted by Gasteiger charge is -2.13. The molecule has 16 heavy (non-hydrogen) atoms. The Bertz CT molecular complexity index is 393. The van der Waals surface area contributed by atoms with Crippen molar-refractivity contribution >= 4 is 11.6 Å². The van der Waals surface area contributed by atoms with Crippen molar-refractivity contribution in [1.82, 2.24) is 4.98 Å². The van der Waals surface area contributed by atoms with Crippen LogP contribution in [0.15, 0.2) is 6.20 Å². The molecule has 0 spiro atoms. The number of nitrogens with zero attached hydrogens (tertiary/aromatic N) is 1. The Morgan fingerprint density at radius 2 is 1.88 bits per heavy atom. The Morgan fingerprint density at radius 1 is 1.31 bits per heavy atom. The normalized spacial score (nSPS) is 12.0. The van der Waals surface area contributed by atoms with Crippen LogP contribution in [0.2, 0.25) is 5.02 Å². The molecule has 0 aliphatic heterocycles. The summed E-state index contributed by atoms with van der Waals surface area (Å²) in [6.07, 6.45) is -8.34. The van der Waals surface area contributed by atoms with Crippen LogP contribution in [-0.4, -0.2) is 11.3 Å². The van der Waals surface area contributed by atoms with Gasteiger partial charge in [0, 0.05) is 0 Å². The van der Waals surface area contributed by atoms with Gasteiger partial charge in [-0.15, -0.1) is 13.2 Å². The van der Waals surface area contributed by atoms with E-state index in [9.17, 15) is 26.3 Å². The first-order valence-electron chi connectivity index (χ1n) is 3.60. The molecule has 0 bridgehead atoms. The summed E-state index contributed by atoms with van der Waals surface area (Å²) in [6.45, 7) is 0. The molecule has 0 aromatic carbocycles. The van der Waals surface area contributed by atoms with Crippen molar-refractivity contribution in [1.29, 1.82) is 0 Å². The van der Waals surface area contributed by atoms with Crippen LogP contribution in [0.4, 0.5) is 26.3 Å². The van der Waals surface area contributed by atoms with E-state index in [1.807, 2.05) is 0 Å². The molecular weight excluding hydrogens is 264 g/mol. The average Bonchev–Trinajstić information content (AvgIpc) is 2.10. The minimum absolute atomic E-state index is 0.285. The number of halogens is 7. The van der Waals surface area contributed by atoms with Crippen LogP contribution in [0.3, 0.4) is 0 Å². The molecule has 0 radical (unpaired) electrons. The second-order valence-electron chi connectivity index (χ2n) is 2.48. The fourth-order valence-corrected chi connectivity index (χ4v) is 1.01. The summed E-state index contributed by atoms with van der Waals surface area (Å²) < 4.78 is 75.8. The lowest BCUT2D eigenvalue weighted by molar-refractivity contribution is -0.275. The predicted octanol–water partition coefficient (Wildman–Crippen LogP) is 3.71. The summed E-state index contributed by atoms with van der Waals surface area (Å²) in [4.78, 5) is 2.79. The van der Waals surface area contributed by atoms with Crippen molar-refractivity contribution < 1.29 is 31.1 Å². The van der Waals surface area contributed by atoms with Crippen molar-refractivity contribution in [2.45, 2.75) is 12.8 Å². The largest absolute Gasteiger partial charge is 0.573 e. The van der Waals surface area contributed by atoms with Crippen molar-refractivity contribution in [3.05, 3.63) is 22.7 Å². The third-order valence-corrected chi connectivity index (χ3v) is 1.74. The minimum atomic E-state index is -5.26.